The van der Waals surface area contributed by atoms with Crippen LogP contribution in [0.4, 0.5) is 0 Å². The average molecular weight is 281 g/mol. The molecule has 3 N–H and O–H groups in total. The molecule has 20 heavy (non-hydrogen) atoms. The maximum Gasteiger partial charge on any atom is 0.224 e. The average Bonchev–Trinajstić information content (AvgIpc) is 2.69. The maximum absolute atomic E-state index is 12.2. The third-order valence-electron chi connectivity index (χ3n) is 4.81. The molecule has 4 nitrogen and oxygen atoms in total. The summed E-state index contributed by atoms with van der Waals surface area (Å²) in [6.45, 7) is 4.40. The van der Waals surface area contributed by atoms with Crippen LogP contribution in [0.25, 0.3) is 0 Å². The Labute approximate surface area is 123 Å². The molecule has 1 heterocycles. The highest BCUT2D eigenvalue weighted by Crippen LogP contribution is 2.22. The Morgan fingerprint density at radius 3 is 2.55 bits per heavy atom. The monoisotopic (exact) mass is 281 g/mol. The van der Waals surface area contributed by atoms with Crippen LogP contribution < -0.4 is 11.1 Å². The fraction of sp³-hybridized carbons (Fsp3) is 0.938. The third-order valence-corrected chi connectivity index (χ3v) is 4.81. The lowest BCUT2D eigenvalue weighted by Gasteiger charge is -2.26. The minimum absolute atomic E-state index is 0.0486. The summed E-state index contributed by atoms with van der Waals surface area (Å²) >= 11 is 0. The molecule has 1 aliphatic carbocycles. The van der Waals surface area contributed by atoms with Gasteiger partial charge in [-0.2, -0.15) is 0 Å². The highest BCUT2D eigenvalue weighted by atomic mass is 16.1. The first-order valence-corrected chi connectivity index (χ1v) is 8.53. The second-order valence-corrected chi connectivity index (χ2v) is 6.46. The molecular formula is C16H31N3O. The summed E-state index contributed by atoms with van der Waals surface area (Å²) in [6.07, 6.45) is 10.7. The highest BCUT2D eigenvalue weighted by Gasteiger charge is 2.26. The van der Waals surface area contributed by atoms with E-state index in [1.807, 2.05) is 0 Å². The molecule has 0 aromatic carbocycles. The Bertz CT molecular complexity index is 289. The Balaban J connectivity index is 1.61. The van der Waals surface area contributed by atoms with Crippen molar-refractivity contribution in [3.8, 4) is 0 Å². The number of nitrogens with one attached hydrogen (secondary N) is 1. The van der Waals surface area contributed by atoms with E-state index in [-0.39, 0.29) is 17.9 Å². The van der Waals surface area contributed by atoms with E-state index < -0.39 is 0 Å². The van der Waals surface area contributed by atoms with Crippen molar-refractivity contribution in [3.63, 3.8) is 0 Å². The third kappa shape index (κ3) is 5.06. The van der Waals surface area contributed by atoms with Gasteiger partial charge in [-0.3, -0.25) is 4.79 Å². The molecule has 1 aliphatic heterocycles. The van der Waals surface area contributed by atoms with E-state index in [9.17, 15) is 4.79 Å². The maximum atomic E-state index is 12.2. The second kappa shape index (κ2) is 8.63. The lowest BCUT2D eigenvalue weighted by molar-refractivity contribution is -0.125. The van der Waals surface area contributed by atoms with Crippen LogP contribution in [0, 0.1) is 5.92 Å². The zero-order valence-corrected chi connectivity index (χ0v) is 12.8. The Kier molecular flexibility index (Phi) is 6.80. The van der Waals surface area contributed by atoms with Gasteiger partial charge in [-0.05, 0) is 51.7 Å². The summed E-state index contributed by atoms with van der Waals surface area (Å²) < 4.78 is 0. The predicted octanol–water partition coefficient (Wildman–Crippen LogP) is 1.89. The summed E-state index contributed by atoms with van der Waals surface area (Å²) in [7, 11) is 0. The molecule has 1 saturated carbocycles. The van der Waals surface area contributed by atoms with Gasteiger partial charge in [0.2, 0.25) is 5.91 Å². The van der Waals surface area contributed by atoms with E-state index in [1.54, 1.807) is 0 Å². The van der Waals surface area contributed by atoms with Crippen molar-refractivity contribution in [1.82, 2.24) is 10.2 Å². The van der Waals surface area contributed by atoms with Gasteiger partial charge in [-0.15, -0.1) is 0 Å². The van der Waals surface area contributed by atoms with Crippen LogP contribution in [0.3, 0.4) is 0 Å². The highest BCUT2D eigenvalue weighted by molar-refractivity contribution is 5.79. The first-order valence-electron chi connectivity index (χ1n) is 8.53. The Morgan fingerprint density at radius 2 is 1.75 bits per heavy atom. The molecule has 4 heteroatoms. The molecule has 0 spiro atoms. The van der Waals surface area contributed by atoms with E-state index >= 15 is 0 Å². The number of rotatable bonds is 5. The van der Waals surface area contributed by atoms with Gasteiger partial charge in [0.1, 0.15) is 0 Å². The molecule has 0 aromatic heterocycles. The van der Waals surface area contributed by atoms with Crippen LogP contribution in [0.2, 0.25) is 0 Å². The first-order chi connectivity index (χ1) is 9.77. The van der Waals surface area contributed by atoms with Gasteiger partial charge in [0, 0.05) is 12.6 Å². The summed E-state index contributed by atoms with van der Waals surface area (Å²) in [5.74, 6) is 0.241. The van der Waals surface area contributed by atoms with Crippen LogP contribution in [-0.4, -0.2) is 43.0 Å². The number of likely N-dealkylation sites (tertiary alicyclic amines) is 1. The molecule has 1 amide bonds. The van der Waals surface area contributed by atoms with Gasteiger partial charge in [0.25, 0.3) is 0 Å². The lowest BCUT2D eigenvalue weighted by Crippen LogP contribution is -2.42. The number of hydrogen-bond acceptors (Lipinski definition) is 3. The predicted molar refractivity (Wildman–Crippen MR) is 82.5 cm³/mol. The fourth-order valence-corrected chi connectivity index (χ4v) is 3.49. The summed E-state index contributed by atoms with van der Waals surface area (Å²) in [6, 6.07) is 0.0691. The SMILES string of the molecule is NC1CCCCCC1C(=O)NCCCN1CCCCC1. The molecule has 0 aromatic rings. The van der Waals surface area contributed by atoms with E-state index in [0.717, 1.165) is 38.8 Å². The second-order valence-electron chi connectivity index (χ2n) is 6.46. The minimum atomic E-state index is 0.0486. The molecule has 1 saturated heterocycles. The van der Waals surface area contributed by atoms with Crippen LogP contribution in [0.1, 0.15) is 57.8 Å². The normalized spacial score (nSPS) is 28.9. The van der Waals surface area contributed by atoms with Gasteiger partial charge in [-0.1, -0.05) is 25.7 Å². The first kappa shape index (κ1) is 15.8. The molecule has 2 aliphatic rings. The summed E-state index contributed by atoms with van der Waals surface area (Å²) in [5, 5.41) is 3.10. The zero-order valence-electron chi connectivity index (χ0n) is 12.8. The molecule has 2 rings (SSSR count). The molecule has 2 unspecified atom stereocenters. The Hall–Kier alpha value is -0.610. The van der Waals surface area contributed by atoms with E-state index in [1.165, 1.54) is 45.2 Å². The van der Waals surface area contributed by atoms with Crippen LogP contribution in [0.15, 0.2) is 0 Å². The van der Waals surface area contributed by atoms with Crippen LogP contribution in [0.5, 0.6) is 0 Å². The van der Waals surface area contributed by atoms with Crippen molar-refractivity contribution < 1.29 is 4.79 Å². The largest absolute Gasteiger partial charge is 0.356 e. The van der Waals surface area contributed by atoms with Crippen molar-refractivity contribution in [2.45, 2.75) is 63.8 Å². The van der Waals surface area contributed by atoms with Crippen molar-refractivity contribution >= 4 is 5.91 Å². The summed E-state index contributed by atoms with van der Waals surface area (Å²) in [5.41, 5.74) is 6.13. The van der Waals surface area contributed by atoms with E-state index in [0.29, 0.717) is 0 Å². The quantitative estimate of drug-likeness (QED) is 0.597. The molecule has 116 valence electrons. The lowest BCUT2D eigenvalue weighted by atomic mass is 9.94. The number of nitrogens with zero attached hydrogens (tertiary/aromatic N) is 1. The van der Waals surface area contributed by atoms with Gasteiger partial charge >= 0.3 is 0 Å². The number of carbonyl (C=O) groups excluding carboxylic acids is 1. The smallest absolute Gasteiger partial charge is 0.224 e. The summed E-state index contributed by atoms with van der Waals surface area (Å²) in [4.78, 5) is 14.7. The van der Waals surface area contributed by atoms with Gasteiger partial charge in [-0.25, -0.2) is 0 Å². The molecule has 2 fully saturated rings. The van der Waals surface area contributed by atoms with Crippen molar-refractivity contribution in [1.29, 1.82) is 0 Å². The Morgan fingerprint density at radius 1 is 1.05 bits per heavy atom. The van der Waals surface area contributed by atoms with Crippen molar-refractivity contribution in [2.24, 2.45) is 11.7 Å². The number of piperidine rings is 1. The zero-order chi connectivity index (χ0) is 14.2. The van der Waals surface area contributed by atoms with Crippen molar-refractivity contribution in [3.05, 3.63) is 0 Å². The molecule has 0 bridgehead atoms. The molecular weight excluding hydrogens is 250 g/mol. The standard InChI is InChI=1S/C16H31N3O/c17-15-9-4-1-3-8-14(15)16(20)18-10-7-13-19-11-5-2-6-12-19/h14-15H,1-13,17H2,(H,18,20). The van der Waals surface area contributed by atoms with Crippen LogP contribution in [-0.2, 0) is 4.79 Å². The number of amides is 1. The molecule has 2 atom stereocenters. The van der Waals surface area contributed by atoms with Gasteiger partial charge in [0.15, 0.2) is 0 Å². The van der Waals surface area contributed by atoms with Crippen molar-refractivity contribution in [2.75, 3.05) is 26.2 Å². The van der Waals surface area contributed by atoms with Gasteiger partial charge in [0.05, 0.1) is 5.92 Å². The molecule has 0 radical (unpaired) electrons. The topological polar surface area (TPSA) is 58.4 Å². The fourth-order valence-electron chi connectivity index (χ4n) is 3.49. The number of hydrogen-bond donors (Lipinski definition) is 2. The minimum Gasteiger partial charge on any atom is -0.356 e. The van der Waals surface area contributed by atoms with Gasteiger partial charge < -0.3 is 16.0 Å². The van der Waals surface area contributed by atoms with E-state index in [4.69, 9.17) is 5.73 Å². The number of nitrogens with two attached hydrogens (primary N) is 1. The number of carbonyl (C=O) groups is 1. The van der Waals surface area contributed by atoms with E-state index in [2.05, 4.69) is 10.2 Å². The van der Waals surface area contributed by atoms with Crippen LogP contribution >= 0.6 is 0 Å².